The van der Waals surface area contributed by atoms with Crippen LogP contribution < -0.4 is 0 Å². The van der Waals surface area contributed by atoms with Crippen LogP contribution in [0.1, 0.15) is 40.0 Å². The van der Waals surface area contributed by atoms with Crippen LogP contribution in [0.4, 0.5) is 0 Å². The van der Waals surface area contributed by atoms with Gasteiger partial charge in [0.1, 0.15) is 0 Å². The van der Waals surface area contributed by atoms with Crippen LogP contribution in [0.2, 0.25) is 0 Å². The minimum atomic E-state index is -0.580. The molecule has 2 aliphatic carbocycles. The Balaban J connectivity index is 1.81. The molecule has 0 spiro atoms. The third-order valence-corrected chi connectivity index (χ3v) is 6.51. The quantitative estimate of drug-likeness (QED) is 0.589. The van der Waals surface area contributed by atoms with Gasteiger partial charge in [-0.05, 0) is 36.0 Å². The molecule has 0 saturated heterocycles. The number of hydrogen-bond acceptors (Lipinski definition) is 5. The topological polar surface area (TPSA) is 73.2 Å². The first-order valence-electron chi connectivity index (χ1n) is 8.59. The van der Waals surface area contributed by atoms with Crippen LogP contribution in [-0.2, 0) is 4.74 Å². The second-order valence-electron chi connectivity index (χ2n) is 7.83. The number of hydrogen-bond donors (Lipinski definition) is 3. The van der Waals surface area contributed by atoms with Crippen molar-refractivity contribution in [2.24, 2.45) is 16.7 Å². The summed E-state index contributed by atoms with van der Waals surface area (Å²) in [5, 5.41) is 28.2. The third-order valence-electron chi connectivity index (χ3n) is 6.51. The molecule has 2 rings (SSSR count). The molecule has 130 valence electrons. The molecule has 2 saturated carbocycles. The Hall–Kier alpha value is -0.200. The predicted molar refractivity (Wildman–Crippen MR) is 85.6 cm³/mol. The van der Waals surface area contributed by atoms with E-state index in [2.05, 4.69) is 20.8 Å². The fraction of sp³-hybridized carbons (Fsp3) is 1.00. The Morgan fingerprint density at radius 2 is 1.82 bits per heavy atom. The molecule has 2 fully saturated rings. The highest BCUT2D eigenvalue weighted by molar-refractivity contribution is 5.11. The fourth-order valence-electron chi connectivity index (χ4n) is 4.54. The Bertz CT molecular complexity index is 357. The molecular formula is C17H33NO4. The standard InChI is InChI=1S/C17H33NO4/c1-16(2)13-4-5-17(16,3)15(10-13)22-12-14(21)11-18(6-8-19)7-9-20/h13-15,19-21H,4-12H2,1-3H3/t13-,14+,15-,17-/m0/s1. The van der Waals surface area contributed by atoms with E-state index in [4.69, 9.17) is 14.9 Å². The molecule has 0 radical (unpaired) electrons. The summed E-state index contributed by atoms with van der Waals surface area (Å²) < 4.78 is 6.09. The van der Waals surface area contributed by atoms with Gasteiger partial charge in [0, 0.05) is 19.6 Å². The van der Waals surface area contributed by atoms with Crippen molar-refractivity contribution in [1.82, 2.24) is 4.90 Å². The lowest BCUT2D eigenvalue weighted by Gasteiger charge is -2.39. The molecule has 3 N–H and O–H groups in total. The molecule has 2 bridgehead atoms. The van der Waals surface area contributed by atoms with E-state index >= 15 is 0 Å². The molecule has 0 aromatic carbocycles. The highest BCUT2D eigenvalue weighted by atomic mass is 16.5. The SMILES string of the molecule is CC1(C)[C@H]2CC[C@@]1(C)[C@@H](OC[C@H](O)CN(CCO)CCO)C2. The summed E-state index contributed by atoms with van der Waals surface area (Å²) in [6.45, 7) is 8.80. The number of rotatable bonds is 9. The van der Waals surface area contributed by atoms with Crippen molar-refractivity contribution >= 4 is 0 Å². The zero-order valence-corrected chi connectivity index (χ0v) is 14.3. The molecule has 5 heteroatoms. The first kappa shape index (κ1) is 18.1. The Kier molecular flexibility index (Phi) is 5.89. The molecule has 0 aromatic rings. The van der Waals surface area contributed by atoms with Gasteiger partial charge in [0.15, 0.2) is 0 Å². The smallest absolute Gasteiger partial charge is 0.0900 e. The molecule has 0 aliphatic heterocycles. The van der Waals surface area contributed by atoms with Crippen molar-refractivity contribution in [1.29, 1.82) is 0 Å². The molecule has 5 nitrogen and oxygen atoms in total. The number of fused-ring (bicyclic) bond motifs is 2. The third kappa shape index (κ3) is 3.34. The minimum Gasteiger partial charge on any atom is -0.395 e. The number of nitrogens with zero attached hydrogens (tertiary/aromatic N) is 1. The Morgan fingerprint density at radius 3 is 2.27 bits per heavy atom. The summed E-state index contributed by atoms with van der Waals surface area (Å²) in [5.41, 5.74) is 0.537. The average molecular weight is 315 g/mol. The molecule has 2 aliphatic rings. The number of ether oxygens (including phenoxy) is 1. The molecular weight excluding hydrogens is 282 g/mol. The second kappa shape index (κ2) is 7.14. The van der Waals surface area contributed by atoms with E-state index < -0.39 is 6.10 Å². The van der Waals surface area contributed by atoms with Crippen LogP contribution in [0.5, 0.6) is 0 Å². The van der Waals surface area contributed by atoms with E-state index in [0.717, 1.165) is 12.3 Å². The molecule has 0 aromatic heterocycles. The average Bonchev–Trinajstić information content (AvgIpc) is 2.78. The minimum absolute atomic E-state index is 0.0319. The molecule has 0 unspecified atom stereocenters. The van der Waals surface area contributed by atoms with E-state index in [1.165, 1.54) is 12.8 Å². The Labute approximate surface area is 134 Å². The van der Waals surface area contributed by atoms with Crippen molar-refractivity contribution in [3.63, 3.8) is 0 Å². The maximum Gasteiger partial charge on any atom is 0.0900 e. The van der Waals surface area contributed by atoms with Crippen LogP contribution in [0.15, 0.2) is 0 Å². The maximum absolute atomic E-state index is 10.2. The molecule has 0 heterocycles. The maximum atomic E-state index is 10.2. The van der Waals surface area contributed by atoms with Gasteiger partial charge in [0.05, 0.1) is 32.0 Å². The van der Waals surface area contributed by atoms with Crippen molar-refractivity contribution in [3.05, 3.63) is 0 Å². The monoisotopic (exact) mass is 315 g/mol. The van der Waals surface area contributed by atoms with E-state index in [9.17, 15) is 5.11 Å². The van der Waals surface area contributed by atoms with Crippen molar-refractivity contribution in [3.8, 4) is 0 Å². The molecule has 4 atom stereocenters. The van der Waals surface area contributed by atoms with Crippen molar-refractivity contribution in [2.45, 2.75) is 52.2 Å². The first-order valence-corrected chi connectivity index (χ1v) is 8.59. The van der Waals surface area contributed by atoms with Gasteiger partial charge in [0.2, 0.25) is 0 Å². The van der Waals surface area contributed by atoms with Crippen LogP contribution >= 0.6 is 0 Å². The van der Waals surface area contributed by atoms with Gasteiger partial charge >= 0.3 is 0 Å². The fourth-order valence-corrected chi connectivity index (χ4v) is 4.54. The summed E-state index contributed by atoms with van der Waals surface area (Å²) in [6, 6.07) is 0. The van der Waals surface area contributed by atoms with Crippen LogP contribution in [0.3, 0.4) is 0 Å². The van der Waals surface area contributed by atoms with Crippen molar-refractivity contribution in [2.75, 3.05) is 39.5 Å². The zero-order chi connectivity index (χ0) is 16.4. The highest BCUT2D eigenvalue weighted by Gasteiger charge is 2.61. The summed E-state index contributed by atoms with van der Waals surface area (Å²) in [5.74, 6) is 0.736. The molecule has 22 heavy (non-hydrogen) atoms. The van der Waals surface area contributed by atoms with Gasteiger partial charge < -0.3 is 20.1 Å². The second-order valence-corrected chi connectivity index (χ2v) is 7.83. The Morgan fingerprint density at radius 1 is 1.18 bits per heavy atom. The summed E-state index contributed by atoms with van der Waals surface area (Å²) >= 11 is 0. The van der Waals surface area contributed by atoms with Gasteiger partial charge in [-0.3, -0.25) is 4.90 Å². The number of aliphatic hydroxyl groups excluding tert-OH is 3. The van der Waals surface area contributed by atoms with Gasteiger partial charge in [-0.25, -0.2) is 0 Å². The molecule has 0 amide bonds. The van der Waals surface area contributed by atoms with Gasteiger partial charge in [-0.1, -0.05) is 20.8 Å². The highest BCUT2D eigenvalue weighted by Crippen LogP contribution is 2.66. The lowest BCUT2D eigenvalue weighted by atomic mass is 9.70. The number of aliphatic hydroxyl groups is 3. The predicted octanol–water partition coefficient (Wildman–Crippen LogP) is 0.865. The van der Waals surface area contributed by atoms with Crippen molar-refractivity contribution < 1.29 is 20.1 Å². The summed E-state index contributed by atoms with van der Waals surface area (Å²) in [4.78, 5) is 1.86. The first-order chi connectivity index (χ1) is 10.3. The largest absolute Gasteiger partial charge is 0.395 e. The van der Waals surface area contributed by atoms with E-state index in [1.807, 2.05) is 4.90 Å². The van der Waals surface area contributed by atoms with Crippen LogP contribution in [0.25, 0.3) is 0 Å². The van der Waals surface area contributed by atoms with Gasteiger partial charge in [-0.2, -0.15) is 0 Å². The van der Waals surface area contributed by atoms with E-state index in [-0.39, 0.29) is 24.7 Å². The lowest BCUT2D eigenvalue weighted by Crippen LogP contribution is -2.41. The van der Waals surface area contributed by atoms with Crippen LogP contribution in [-0.4, -0.2) is 71.9 Å². The van der Waals surface area contributed by atoms with Crippen LogP contribution in [0, 0.1) is 16.7 Å². The van der Waals surface area contributed by atoms with Gasteiger partial charge in [-0.15, -0.1) is 0 Å². The zero-order valence-electron chi connectivity index (χ0n) is 14.3. The lowest BCUT2D eigenvalue weighted by molar-refractivity contribution is -0.0800. The van der Waals surface area contributed by atoms with E-state index in [0.29, 0.717) is 31.7 Å². The summed E-state index contributed by atoms with van der Waals surface area (Å²) in [6.07, 6.45) is 3.27. The van der Waals surface area contributed by atoms with E-state index in [1.54, 1.807) is 0 Å². The van der Waals surface area contributed by atoms with Gasteiger partial charge in [0.25, 0.3) is 0 Å². The normalized spacial score (nSPS) is 34.5. The summed E-state index contributed by atoms with van der Waals surface area (Å²) in [7, 11) is 0.